The van der Waals surface area contributed by atoms with E-state index in [1.165, 1.54) is 30.6 Å². The van der Waals surface area contributed by atoms with Crippen LogP contribution >= 0.6 is 0 Å². The Bertz CT molecular complexity index is 451. The lowest BCUT2D eigenvalue weighted by Crippen LogP contribution is -2.13. The molecule has 0 bridgehead atoms. The summed E-state index contributed by atoms with van der Waals surface area (Å²) >= 11 is 0. The van der Waals surface area contributed by atoms with Crippen molar-refractivity contribution in [3.8, 4) is 0 Å². The summed E-state index contributed by atoms with van der Waals surface area (Å²) < 4.78 is 12.6. The van der Waals surface area contributed by atoms with Crippen LogP contribution in [-0.4, -0.2) is 21.1 Å². The van der Waals surface area contributed by atoms with E-state index in [0.29, 0.717) is 5.69 Å². The highest BCUT2D eigenvalue weighted by Gasteiger charge is 2.08. The molecule has 15 heavy (non-hydrogen) atoms. The highest BCUT2D eigenvalue weighted by atomic mass is 19.1. The number of aromatic nitrogens is 3. The normalized spacial score (nSPS) is 9.93. The molecular weight excluding hydrogens is 199 g/mol. The SMILES string of the molecule is O=C(Nc1ccc(F)cc1)c1ncn[nH]1. The van der Waals surface area contributed by atoms with Crippen LogP contribution in [0.25, 0.3) is 0 Å². The van der Waals surface area contributed by atoms with E-state index in [2.05, 4.69) is 20.5 Å². The van der Waals surface area contributed by atoms with Gasteiger partial charge in [0.1, 0.15) is 12.1 Å². The van der Waals surface area contributed by atoms with Gasteiger partial charge >= 0.3 is 0 Å². The van der Waals surface area contributed by atoms with Crippen LogP contribution in [0.4, 0.5) is 10.1 Å². The van der Waals surface area contributed by atoms with Gasteiger partial charge in [-0.3, -0.25) is 9.89 Å². The molecule has 0 aliphatic heterocycles. The lowest BCUT2D eigenvalue weighted by atomic mass is 10.3. The molecule has 0 unspecified atom stereocenters. The van der Waals surface area contributed by atoms with Gasteiger partial charge in [-0.1, -0.05) is 0 Å². The second-order valence-electron chi connectivity index (χ2n) is 2.80. The third-order valence-corrected chi connectivity index (χ3v) is 1.73. The van der Waals surface area contributed by atoms with E-state index in [1.807, 2.05) is 0 Å². The van der Waals surface area contributed by atoms with Crippen molar-refractivity contribution < 1.29 is 9.18 Å². The first-order valence-electron chi connectivity index (χ1n) is 4.18. The zero-order valence-electron chi connectivity index (χ0n) is 7.57. The fourth-order valence-corrected chi connectivity index (χ4v) is 1.04. The van der Waals surface area contributed by atoms with Gasteiger partial charge in [-0.2, -0.15) is 5.10 Å². The zero-order chi connectivity index (χ0) is 10.7. The molecule has 0 saturated heterocycles. The number of carbonyl (C=O) groups is 1. The van der Waals surface area contributed by atoms with Gasteiger partial charge in [0.25, 0.3) is 5.91 Å². The van der Waals surface area contributed by atoms with Crippen LogP contribution in [0, 0.1) is 5.82 Å². The minimum atomic E-state index is -0.417. The molecule has 0 aliphatic carbocycles. The largest absolute Gasteiger partial charge is 0.319 e. The second-order valence-corrected chi connectivity index (χ2v) is 2.80. The minimum absolute atomic E-state index is 0.110. The van der Waals surface area contributed by atoms with Gasteiger partial charge in [0.15, 0.2) is 0 Å². The van der Waals surface area contributed by atoms with Crippen LogP contribution in [0.2, 0.25) is 0 Å². The Labute approximate surface area is 84.3 Å². The Balaban J connectivity index is 2.09. The molecule has 1 heterocycles. The summed E-state index contributed by atoms with van der Waals surface area (Å²) in [5.74, 6) is -0.661. The van der Waals surface area contributed by atoms with E-state index >= 15 is 0 Å². The third-order valence-electron chi connectivity index (χ3n) is 1.73. The smallest absolute Gasteiger partial charge is 0.292 e. The molecule has 0 spiro atoms. The van der Waals surface area contributed by atoms with Gasteiger partial charge in [-0.15, -0.1) is 0 Å². The second kappa shape index (κ2) is 3.87. The molecule has 5 nitrogen and oxygen atoms in total. The molecule has 1 aromatic carbocycles. The van der Waals surface area contributed by atoms with Gasteiger partial charge < -0.3 is 5.32 Å². The van der Waals surface area contributed by atoms with Crippen LogP contribution in [0.5, 0.6) is 0 Å². The maximum Gasteiger partial charge on any atom is 0.292 e. The summed E-state index contributed by atoms with van der Waals surface area (Å²) in [7, 11) is 0. The first-order chi connectivity index (χ1) is 7.25. The van der Waals surface area contributed by atoms with E-state index in [1.54, 1.807) is 0 Å². The summed E-state index contributed by atoms with van der Waals surface area (Å²) in [4.78, 5) is 15.1. The Morgan fingerprint density at radius 2 is 2.07 bits per heavy atom. The number of H-pyrrole nitrogens is 1. The Morgan fingerprint density at radius 3 is 2.67 bits per heavy atom. The molecule has 0 fully saturated rings. The predicted octanol–water partition coefficient (Wildman–Crippen LogP) is 1.20. The Hall–Kier alpha value is -2.24. The number of amides is 1. The molecule has 1 aromatic heterocycles. The maximum atomic E-state index is 12.6. The number of carbonyl (C=O) groups excluding carboxylic acids is 1. The molecule has 2 rings (SSSR count). The van der Waals surface area contributed by atoms with Gasteiger partial charge in [0.05, 0.1) is 0 Å². The molecule has 76 valence electrons. The van der Waals surface area contributed by atoms with Crippen molar-refractivity contribution in [2.75, 3.05) is 5.32 Å². The van der Waals surface area contributed by atoms with Gasteiger partial charge in [0.2, 0.25) is 5.82 Å². The average Bonchev–Trinajstić information content (AvgIpc) is 2.74. The summed E-state index contributed by atoms with van der Waals surface area (Å²) in [5.41, 5.74) is 0.498. The van der Waals surface area contributed by atoms with E-state index in [9.17, 15) is 9.18 Å². The molecular formula is C9H7FN4O. The quantitative estimate of drug-likeness (QED) is 0.775. The fourth-order valence-electron chi connectivity index (χ4n) is 1.04. The number of halogens is 1. The minimum Gasteiger partial charge on any atom is -0.319 e. The first kappa shape index (κ1) is 9.32. The average molecular weight is 206 g/mol. The summed E-state index contributed by atoms with van der Waals surface area (Å²) in [5, 5.41) is 8.50. The van der Waals surface area contributed by atoms with Crippen molar-refractivity contribution in [2.24, 2.45) is 0 Å². The zero-order valence-corrected chi connectivity index (χ0v) is 7.57. The van der Waals surface area contributed by atoms with Crippen molar-refractivity contribution >= 4 is 11.6 Å². The van der Waals surface area contributed by atoms with Crippen molar-refractivity contribution in [3.05, 3.63) is 42.2 Å². The van der Waals surface area contributed by atoms with Gasteiger partial charge in [0, 0.05) is 5.69 Å². The monoisotopic (exact) mass is 206 g/mol. The van der Waals surface area contributed by atoms with E-state index < -0.39 is 5.91 Å². The molecule has 6 heteroatoms. The number of nitrogens with zero attached hydrogens (tertiary/aromatic N) is 2. The predicted molar refractivity (Wildman–Crippen MR) is 50.7 cm³/mol. The van der Waals surface area contributed by atoms with Crippen LogP contribution in [0.3, 0.4) is 0 Å². The highest BCUT2D eigenvalue weighted by molar-refractivity contribution is 6.01. The number of benzene rings is 1. The number of hydrogen-bond donors (Lipinski definition) is 2. The summed E-state index contributed by atoms with van der Waals surface area (Å²) in [6.45, 7) is 0. The van der Waals surface area contributed by atoms with Crippen LogP contribution in [0.15, 0.2) is 30.6 Å². The fraction of sp³-hybridized carbons (Fsp3) is 0. The van der Waals surface area contributed by atoms with Crippen LogP contribution in [0.1, 0.15) is 10.6 Å². The molecule has 0 aliphatic rings. The Morgan fingerprint density at radius 1 is 1.33 bits per heavy atom. The number of nitrogens with one attached hydrogen (secondary N) is 2. The summed E-state index contributed by atoms with van der Waals surface area (Å²) in [6.07, 6.45) is 1.24. The highest BCUT2D eigenvalue weighted by Crippen LogP contribution is 2.08. The maximum absolute atomic E-state index is 12.6. The van der Waals surface area contributed by atoms with Gasteiger partial charge in [-0.05, 0) is 24.3 Å². The number of anilines is 1. The van der Waals surface area contributed by atoms with Crippen molar-refractivity contribution in [2.45, 2.75) is 0 Å². The van der Waals surface area contributed by atoms with Crippen molar-refractivity contribution in [1.29, 1.82) is 0 Å². The molecule has 0 atom stereocenters. The van der Waals surface area contributed by atoms with Crippen LogP contribution in [-0.2, 0) is 0 Å². The van der Waals surface area contributed by atoms with E-state index in [0.717, 1.165) is 0 Å². The molecule has 1 amide bonds. The number of aromatic amines is 1. The lowest BCUT2D eigenvalue weighted by molar-refractivity contribution is 0.101. The standard InChI is InChI=1S/C9H7FN4O/c10-6-1-3-7(4-2-6)13-9(15)8-11-5-12-14-8/h1-5H,(H,13,15)(H,11,12,14). The molecule has 2 aromatic rings. The molecule has 0 saturated carbocycles. The number of rotatable bonds is 2. The van der Waals surface area contributed by atoms with Crippen molar-refractivity contribution in [1.82, 2.24) is 15.2 Å². The molecule has 0 radical (unpaired) electrons. The van der Waals surface area contributed by atoms with E-state index in [-0.39, 0.29) is 11.6 Å². The third kappa shape index (κ3) is 2.16. The van der Waals surface area contributed by atoms with Crippen LogP contribution < -0.4 is 5.32 Å². The lowest BCUT2D eigenvalue weighted by Gasteiger charge is -2.01. The van der Waals surface area contributed by atoms with Gasteiger partial charge in [-0.25, -0.2) is 9.37 Å². The topological polar surface area (TPSA) is 70.7 Å². The van der Waals surface area contributed by atoms with Crippen molar-refractivity contribution in [3.63, 3.8) is 0 Å². The number of hydrogen-bond acceptors (Lipinski definition) is 3. The Kier molecular flexibility index (Phi) is 2.40. The first-order valence-corrected chi connectivity index (χ1v) is 4.18. The van der Waals surface area contributed by atoms with E-state index in [4.69, 9.17) is 0 Å². The summed E-state index contributed by atoms with van der Waals surface area (Å²) in [6, 6.07) is 5.44. The molecule has 2 N–H and O–H groups in total.